The molecule has 3 heteroatoms. The van der Waals surface area contributed by atoms with Gasteiger partial charge in [-0.25, -0.2) is 0 Å². The lowest BCUT2D eigenvalue weighted by atomic mass is 9.89. The first-order valence-electron chi connectivity index (χ1n) is 8.04. The molecule has 2 fully saturated rings. The second kappa shape index (κ2) is 6.82. The number of anilines is 1. The molecule has 20 heavy (non-hydrogen) atoms. The Labute approximate surface area is 127 Å². The molecular weight excluding hydrogens is 268 g/mol. The van der Waals surface area contributed by atoms with E-state index in [-0.39, 0.29) is 0 Å². The third-order valence-corrected chi connectivity index (χ3v) is 5.02. The first-order valence-corrected chi connectivity index (χ1v) is 8.42. The molecule has 1 aromatic rings. The van der Waals surface area contributed by atoms with Crippen LogP contribution in [0.3, 0.4) is 0 Å². The van der Waals surface area contributed by atoms with E-state index in [4.69, 9.17) is 11.6 Å². The molecule has 1 heterocycles. The molecule has 1 aliphatic carbocycles. The van der Waals surface area contributed by atoms with Crippen LogP contribution in [0.4, 0.5) is 5.69 Å². The Balaban J connectivity index is 1.49. The first kappa shape index (κ1) is 14.2. The minimum absolute atomic E-state index is 0.840. The van der Waals surface area contributed by atoms with Gasteiger partial charge in [0.1, 0.15) is 0 Å². The molecule has 2 nitrogen and oxygen atoms in total. The quantitative estimate of drug-likeness (QED) is 0.829. The van der Waals surface area contributed by atoms with Gasteiger partial charge in [-0.05, 0) is 37.0 Å². The topological polar surface area (TPSA) is 6.48 Å². The molecule has 3 rings (SSSR count). The van der Waals surface area contributed by atoms with Gasteiger partial charge in [0.25, 0.3) is 0 Å². The molecule has 0 N–H and O–H groups in total. The molecule has 0 radical (unpaired) electrons. The Hall–Kier alpha value is -0.730. The zero-order valence-corrected chi connectivity index (χ0v) is 13.0. The van der Waals surface area contributed by atoms with Crippen molar-refractivity contribution in [3.8, 4) is 0 Å². The molecule has 0 spiro atoms. The van der Waals surface area contributed by atoms with E-state index >= 15 is 0 Å². The Kier molecular flexibility index (Phi) is 4.85. The largest absolute Gasteiger partial charge is 0.369 e. The van der Waals surface area contributed by atoms with Crippen molar-refractivity contribution in [1.29, 1.82) is 0 Å². The average molecular weight is 293 g/mol. The van der Waals surface area contributed by atoms with Gasteiger partial charge < -0.3 is 4.90 Å². The zero-order chi connectivity index (χ0) is 13.8. The first-order chi connectivity index (χ1) is 9.81. The molecule has 0 atom stereocenters. The molecule has 1 saturated carbocycles. The summed E-state index contributed by atoms with van der Waals surface area (Å²) >= 11 is 6.08. The Bertz CT molecular complexity index is 421. The summed E-state index contributed by atoms with van der Waals surface area (Å²) in [5.41, 5.74) is 1.27. The molecule has 1 aliphatic heterocycles. The van der Waals surface area contributed by atoms with Crippen LogP contribution >= 0.6 is 11.6 Å². The van der Waals surface area contributed by atoms with Crippen LogP contribution in [0.2, 0.25) is 5.02 Å². The van der Waals surface area contributed by atoms with Crippen LogP contribution < -0.4 is 4.90 Å². The highest BCUT2D eigenvalue weighted by atomic mass is 35.5. The van der Waals surface area contributed by atoms with Gasteiger partial charge in [0.05, 0.1) is 0 Å². The predicted molar refractivity (Wildman–Crippen MR) is 86.7 cm³/mol. The fraction of sp³-hybridized carbons (Fsp3) is 0.647. The maximum absolute atomic E-state index is 6.08. The molecule has 0 amide bonds. The van der Waals surface area contributed by atoms with Gasteiger partial charge in [-0.15, -0.1) is 0 Å². The third-order valence-electron chi connectivity index (χ3n) is 4.79. The van der Waals surface area contributed by atoms with Gasteiger partial charge in [0, 0.05) is 43.4 Å². The second-order valence-corrected chi connectivity index (χ2v) is 6.71. The summed E-state index contributed by atoms with van der Waals surface area (Å²) in [5.74, 6) is 0.960. The van der Waals surface area contributed by atoms with Gasteiger partial charge in [0.15, 0.2) is 0 Å². The lowest BCUT2D eigenvalue weighted by Gasteiger charge is -2.38. The summed E-state index contributed by atoms with van der Waals surface area (Å²) in [6.45, 7) is 5.98. The standard InChI is InChI=1S/C17H25ClN2/c18-16-7-4-8-17(13-16)20-11-9-19(10-12-20)14-15-5-2-1-3-6-15/h4,7-8,13,15H,1-3,5-6,9-12,14H2. The Morgan fingerprint density at radius 3 is 2.45 bits per heavy atom. The van der Waals surface area contributed by atoms with Crippen LogP contribution in [0, 0.1) is 5.92 Å². The van der Waals surface area contributed by atoms with E-state index in [9.17, 15) is 0 Å². The average Bonchev–Trinajstić information content (AvgIpc) is 2.49. The number of piperazine rings is 1. The minimum Gasteiger partial charge on any atom is -0.369 e. The van der Waals surface area contributed by atoms with Gasteiger partial charge >= 0.3 is 0 Å². The highest BCUT2D eigenvalue weighted by Gasteiger charge is 2.21. The van der Waals surface area contributed by atoms with Crippen molar-refractivity contribution in [3.63, 3.8) is 0 Å². The van der Waals surface area contributed by atoms with Gasteiger partial charge in [-0.1, -0.05) is 36.9 Å². The molecular formula is C17H25ClN2. The van der Waals surface area contributed by atoms with Gasteiger partial charge in [0.2, 0.25) is 0 Å². The van der Waals surface area contributed by atoms with Crippen molar-refractivity contribution in [2.75, 3.05) is 37.6 Å². The normalized spacial score (nSPS) is 22.1. The summed E-state index contributed by atoms with van der Waals surface area (Å²) in [5, 5.41) is 0.840. The summed E-state index contributed by atoms with van der Waals surface area (Å²) < 4.78 is 0. The summed E-state index contributed by atoms with van der Waals surface area (Å²) in [7, 11) is 0. The highest BCUT2D eigenvalue weighted by Crippen LogP contribution is 2.25. The van der Waals surface area contributed by atoms with Crippen molar-refractivity contribution in [2.45, 2.75) is 32.1 Å². The Morgan fingerprint density at radius 2 is 1.75 bits per heavy atom. The zero-order valence-electron chi connectivity index (χ0n) is 12.2. The number of rotatable bonds is 3. The number of hydrogen-bond acceptors (Lipinski definition) is 2. The molecule has 1 aromatic carbocycles. The van der Waals surface area contributed by atoms with Gasteiger partial charge in [-0.2, -0.15) is 0 Å². The maximum Gasteiger partial charge on any atom is 0.0426 e. The number of halogens is 1. The van der Waals surface area contributed by atoms with E-state index in [0.717, 1.165) is 24.0 Å². The monoisotopic (exact) mass is 292 g/mol. The van der Waals surface area contributed by atoms with E-state index in [2.05, 4.69) is 21.9 Å². The van der Waals surface area contributed by atoms with Crippen molar-refractivity contribution < 1.29 is 0 Å². The summed E-state index contributed by atoms with van der Waals surface area (Å²) in [6.07, 6.45) is 7.27. The van der Waals surface area contributed by atoms with E-state index < -0.39 is 0 Å². The molecule has 0 unspecified atom stereocenters. The summed E-state index contributed by atoms with van der Waals surface area (Å²) in [4.78, 5) is 5.13. The lowest BCUT2D eigenvalue weighted by Crippen LogP contribution is -2.48. The summed E-state index contributed by atoms with van der Waals surface area (Å²) in [6, 6.07) is 8.25. The third kappa shape index (κ3) is 3.67. The maximum atomic E-state index is 6.08. The van der Waals surface area contributed by atoms with Gasteiger partial charge in [-0.3, -0.25) is 4.90 Å². The van der Waals surface area contributed by atoms with E-state index in [1.807, 2.05) is 12.1 Å². The van der Waals surface area contributed by atoms with Crippen molar-refractivity contribution >= 4 is 17.3 Å². The molecule has 2 aliphatic rings. The van der Waals surface area contributed by atoms with Crippen LogP contribution in [0.1, 0.15) is 32.1 Å². The van der Waals surface area contributed by atoms with Crippen LogP contribution in [-0.2, 0) is 0 Å². The number of nitrogens with zero attached hydrogens (tertiary/aromatic N) is 2. The van der Waals surface area contributed by atoms with Crippen LogP contribution in [0.5, 0.6) is 0 Å². The van der Waals surface area contributed by atoms with Crippen LogP contribution in [0.15, 0.2) is 24.3 Å². The van der Waals surface area contributed by atoms with E-state index in [1.165, 1.54) is 57.4 Å². The minimum atomic E-state index is 0.840. The fourth-order valence-electron chi connectivity index (χ4n) is 3.60. The van der Waals surface area contributed by atoms with Crippen molar-refractivity contribution in [1.82, 2.24) is 4.90 Å². The van der Waals surface area contributed by atoms with Crippen LogP contribution in [0.25, 0.3) is 0 Å². The van der Waals surface area contributed by atoms with E-state index in [0.29, 0.717) is 0 Å². The van der Waals surface area contributed by atoms with E-state index in [1.54, 1.807) is 0 Å². The number of hydrogen-bond donors (Lipinski definition) is 0. The molecule has 110 valence electrons. The van der Waals surface area contributed by atoms with Crippen molar-refractivity contribution in [2.24, 2.45) is 5.92 Å². The molecule has 1 saturated heterocycles. The molecule has 0 aromatic heterocycles. The van der Waals surface area contributed by atoms with Crippen molar-refractivity contribution in [3.05, 3.63) is 29.3 Å². The number of benzene rings is 1. The second-order valence-electron chi connectivity index (χ2n) is 6.27. The predicted octanol–water partition coefficient (Wildman–Crippen LogP) is 4.04. The smallest absolute Gasteiger partial charge is 0.0426 e. The Morgan fingerprint density at radius 1 is 1.00 bits per heavy atom. The molecule has 0 bridgehead atoms. The highest BCUT2D eigenvalue weighted by molar-refractivity contribution is 6.30. The fourth-order valence-corrected chi connectivity index (χ4v) is 3.78. The lowest BCUT2D eigenvalue weighted by molar-refractivity contribution is 0.192. The van der Waals surface area contributed by atoms with Crippen LogP contribution in [-0.4, -0.2) is 37.6 Å². The SMILES string of the molecule is Clc1cccc(N2CCN(CC3CCCCC3)CC2)c1.